The van der Waals surface area contributed by atoms with Crippen LogP contribution in [0.3, 0.4) is 0 Å². The van der Waals surface area contributed by atoms with Gasteiger partial charge < -0.3 is 19.5 Å². The molecule has 2 N–H and O–H groups in total. The number of nitrogens with one attached hydrogen (secondary N) is 2. The highest BCUT2D eigenvalue weighted by Crippen LogP contribution is 2.28. The molecule has 0 aliphatic carbocycles. The Morgan fingerprint density at radius 2 is 1.67 bits per heavy atom. The lowest BCUT2D eigenvalue weighted by Crippen LogP contribution is -2.55. The van der Waals surface area contributed by atoms with Gasteiger partial charge in [-0.05, 0) is 38.1 Å². The molecule has 0 spiro atoms. The average Bonchev–Trinajstić information content (AvgIpc) is 2.82. The lowest BCUT2D eigenvalue weighted by atomic mass is 10.2. The van der Waals surface area contributed by atoms with Crippen molar-refractivity contribution in [3.8, 4) is 17.2 Å². The van der Waals surface area contributed by atoms with Crippen molar-refractivity contribution < 1.29 is 37.0 Å². The van der Waals surface area contributed by atoms with Crippen LogP contribution in [-0.4, -0.2) is 64.6 Å². The minimum atomic E-state index is -4.55. The van der Waals surface area contributed by atoms with Crippen LogP contribution < -0.4 is 29.1 Å². The van der Waals surface area contributed by atoms with Crippen LogP contribution in [0.25, 0.3) is 0 Å². The minimum Gasteiger partial charge on any atom is -0.497 e. The van der Waals surface area contributed by atoms with E-state index in [9.17, 15) is 22.8 Å². The smallest absolute Gasteiger partial charge is 0.347 e. The molecule has 13 heteroatoms. The van der Waals surface area contributed by atoms with Crippen LogP contribution in [0.5, 0.6) is 17.2 Å². The fourth-order valence-corrected chi connectivity index (χ4v) is 5.28. The first-order valence-electron chi connectivity index (χ1n) is 10.8. The topological polar surface area (TPSA) is 153 Å². The highest BCUT2D eigenvalue weighted by molar-refractivity contribution is 7.95. The summed E-state index contributed by atoms with van der Waals surface area (Å²) in [6.45, 7) is 2.78. The number of nitrogens with zero attached hydrogens (tertiary/aromatic N) is 2. The number of ether oxygens (including phenoxy) is 3. The van der Waals surface area contributed by atoms with Crippen molar-refractivity contribution in [1.29, 1.82) is 0 Å². The highest BCUT2D eigenvalue weighted by Gasteiger charge is 2.43. The Labute approximate surface area is 208 Å². The molecule has 0 radical (unpaired) electrons. The number of carbonyl (C=O) groups is 3. The number of hydrogen-bond acceptors (Lipinski definition) is 8. The van der Waals surface area contributed by atoms with Gasteiger partial charge in [0.15, 0.2) is 5.25 Å². The molecule has 0 aromatic heterocycles. The maximum absolute atomic E-state index is 13.6. The number of hydrogen-bond donors (Lipinski definition) is 2. The Morgan fingerprint density at radius 1 is 1.06 bits per heavy atom. The third kappa shape index (κ3) is 5.92. The Morgan fingerprint density at radius 3 is 2.19 bits per heavy atom. The molecule has 1 unspecified atom stereocenters. The number of benzene rings is 2. The first-order chi connectivity index (χ1) is 17.1. The van der Waals surface area contributed by atoms with Crippen molar-refractivity contribution in [2.24, 2.45) is 4.99 Å². The Bertz CT molecular complexity index is 1270. The first kappa shape index (κ1) is 26.5. The predicted octanol–water partition coefficient (Wildman–Crippen LogP) is 1.96. The molecule has 1 atom stereocenters. The molecule has 2 aromatic rings. The van der Waals surface area contributed by atoms with E-state index in [-0.39, 0.29) is 11.4 Å². The summed E-state index contributed by atoms with van der Waals surface area (Å²) in [6, 6.07) is 9.69. The first-order valence-corrected chi connectivity index (χ1v) is 12.3. The Balaban J connectivity index is 1.97. The van der Waals surface area contributed by atoms with Gasteiger partial charge in [0.25, 0.3) is 15.9 Å². The number of anilines is 2. The van der Waals surface area contributed by atoms with Crippen LogP contribution in [0.15, 0.2) is 47.5 Å². The summed E-state index contributed by atoms with van der Waals surface area (Å²) in [4.78, 5) is 40.6. The van der Waals surface area contributed by atoms with Gasteiger partial charge in [0.2, 0.25) is 5.91 Å². The second-order valence-electron chi connectivity index (χ2n) is 7.56. The van der Waals surface area contributed by atoms with Crippen molar-refractivity contribution >= 4 is 45.0 Å². The van der Waals surface area contributed by atoms with Gasteiger partial charge in [0, 0.05) is 23.9 Å². The second kappa shape index (κ2) is 11.1. The number of aliphatic imine (C=N–C) groups is 1. The molecule has 1 heterocycles. The summed E-state index contributed by atoms with van der Waals surface area (Å²) in [5.74, 6) is -0.441. The van der Waals surface area contributed by atoms with E-state index in [1.807, 2.05) is 5.32 Å². The number of imide groups is 1. The monoisotopic (exact) mass is 518 g/mol. The predicted molar refractivity (Wildman–Crippen MR) is 132 cm³/mol. The third-order valence-corrected chi connectivity index (χ3v) is 7.19. The summed E-state index contributed by atoms with van der Waals surface area (Å²) in [5, 5.41) is 2.71. The maximum Gasteiger partial charge on any atom is 0.347 e. The SMILES string of the molecule is CCOc1ccc(N(CC(=O)Nc2cc(OC)cc(OC)c2)S(=O)(=O)C2C(=O)NC(=O)N=C2C)cc1. The average molecular weight is 519 g/mol. The molecule has 2 aromatic carbocycles. The van der Waals surface area contributed by atoms with Crippen molar-refractivity contribution in [3.63, 3.8) is 0 Å². The molecule has 36 heavy (non-hydrogen) atoms. The lowest BCUT2D eigenvalue weighted by molar-refractivity contribution is -0.119. The molecule has 12 nitrogen and oxygen atoms in total. The van der Waals surface area contributed by atoms with Crippen LogP contribution in [0.4, 0.5) is 16.2 Å². The van der Waals surface area contributed by atoms with Crippen LogP contribution in [-0.2, 0) is 19.6 Å². The number of methoxy groups -OCH3 is 2. The molecule has 0 fully saturated rings. The maximum atomic E-state index is 13.6. The largest absolute Gasteiger partial charge is 0.497 e. The Kier molecular flexibility index (Phi) is 8.14. The van der Waals surface area contributed by atoms with Gasteiger partial charge in [0.1, 0.15) is 23.8 Å². The molecule has 1 aliphatic rings. The standard InChI is InChI=1S/C23H26N4O8S/c1-5-35-17-8-6-16(7-9-17)27(36(31,32)21-14(2)24-23(30)26-22(21)29)13-20(28)25-15-10-18(33-3)12-19(11-15)34-4/h6-12,21H,5,13H2,1-4H3,(H,25,28)(H,26,29,30). The molecule has 4 amide bonds. The van der Waals surface area contributed by atoms with E-state index >= 15 is 0 Å². The van der Waals surface area contributed by atoms with Crippen molar-refractivity contribution in [2.45, 2.75) is 19.1 Å². The molecule has 3 rings (SSSR count). The second-order valence-corrected chi connectivity index (χ2v) is 9.50. The van der Waals surface area contributed by atoms with E-state index in [0.29, 0.717) is 29.5 Å². The zero-order valence-corrected chi connectivity index (χ0v) is 20.9. The van der Waals surface area contributed by atoms with Crippen LogP contribution >= 0.6 is 0 Å². The van der Waals surface area contributed by atoms with E-state index in [0.717, 1.165) is 4.31 Å². The lowest BCUT2D eigenvalue weighted by Gasteiger charge is -2.29. The number of amides is 4. The van der Waals surface area contributed by atoms with E-state index in [1.54, 1.807) is 13.0 Å². The number of rotatable bonds is 10. The van der Waals surface area contributed by atoms with E-state index < -0.39 is 39.7 Å². The number of sulfonamides is 1. The van der Waals surface area contributed by atoms with Gasteiger partial charge in [0.05, 0.1) is 32.2 Å². The van der Waals surface area contributed by atoms with Gasteiger partial charge >= 0.3 is 6.03 Å². The molecule has 192 valence electrons. The quantitative estimate of drug-likeness (QED) is 0.484. The van der Waals surface area contributed by atoms with Crippen LogP contribution in [0.2, 0.25) is 0 Å². The van der Waals surface area contributed by atoms with Gasteiger partial charge in [-0.2, -0.15) is 0 Å². The molecule has 0 saturated heterocycles. The minimum absolute atomic E-state index is 0.106. The van der Waals surface area contributed by atoms with Gasteiger partial charge in [-0.3, -0.25) is 19.2 Å². The zero-order chi connectivity index (χ0) is 26.5. The highest BCUT2D eigenvalue weighted by atomic mass is 32.2. The van der Waals surface area contributed by atoms with Crippen molar-refractivity contribution in [1.82, 2.24) is 5.32 Å². The van der Waals surface area contributed by atoms with Gasteiger partial charge in [-0.25, -0.2) is 18.2 Å². The summed E-state index contributed by atoms with van der Waals surface area (Å²) in [5.41, 5.74) is 0.200. The van der Waals surface area contributed by atoms with Crippen molar-refractivity contribution in [2.75, 3.05) is 37.0 Å². The van der Waals surface area contributed by atoms with Crippen LogP contribution in [0.1, 0.15) is 13.8 Å². The molecular formula is C23H26N4O8S. The van der Waals surface area contributed by atoms with E-state index in [2.05, 4.69) is 10.3 Å². The number of carbonyl (C=O) groups excluding carboxylic acids is 3. The molecular weight excluding hydrogens is 492 g/mol. The van der Waals surface area contributed by atoms with E-state index in [1.165, 1.54) is 57.5 Å². The van der Waals surface area contributed by atoms with Gasteiger partial charge in [-0.15, -0.1) is 0 Å². The molecule has 1 aliphatic heterocycles. The summed E-state index contributed by atoms with van der Waals surface area (Å²) >= 11 is 0. The molecule has 0 bridgehead atoms. The third-order valence-electron chi connectivity index (χ3n) is 5.09. The van der Waals surface area contributed by atoms with E-state index in [4.69, 9.17) is 14.2 Å². The summed E-state index contributed by atoms with van der Waals surface area (Å²) in [7, 11) is -1.65. The Hall–Kier alpha value is -4.13. The number of urea groups is 1. The van der Waals surface area contributed by atoms with Crippen LogP contribution in [0, 0.1) is 0 Å². The summed E-state index contributed by atoms with van der Waals surface area (Å²) < 4.78 is 43.8. The van der Waals surface area contributed by atoms with Crippen molar-refractivity contribution in [3.05, 3.63) is 42.5 Å². The zero-order valence-electron chi connectivity index (χ0n) is 20.1. The fraction of sp³-hybridized carbons (Fsp3) is 0.304. The fourth-order valence-electron chi connectivity index (χ4n) is 3.50. The summed E-state index contributed by atoms with van der Waals surface area (Å²) in [6.07, 6.45) is 0. The normalized spacial score (nSPS) is 15.4. The van der Waals surface area contributed by atoms with Gasteiger partial charge in [-0.1, -0.05) is 0 Å². The molecule has 0 saturated carbocycles.